The van der Waals surface area contributed by atoms with Crippen LogP contribution in [0.25, 0.3) is 0 Å². The van der Waals surface area contributed by atoms with E-state index in [1.54, 1.807) is 49.6 Å². The fraction of sp³-hybridized carbons (Fsp3) is 0.133. The summed E-state index contributed by atoms with van der Waals surface area (Å²) in [5.74, 6) is 1.10. The summed E-state index contributed by atoms with van der Waals surface area (Å²) in [5.41, 5.74) is 7.32. The van der Waals surface area contributed by atoms with E-state index in [2.05, 4.69) is 0 Å². The molecule has 0 bridgehead atoms. The van der Waals surface area contributed by atoms with Crippen LogP contribution < -0.4 is 15.2 Å². The van der Waals surface area contributed by atoms with Gasteiger partial charge in [-0.25, -0.2) is 0 Å². The van der Waals surface area contributed by atoms with Gasteiger partial charge in [0.2, 0.25) is 0 Å². The normalized spacial score (nSPS) is 10.0. The Kier molecular flexibility index (Phi) is 3.71. The van der Waals surface area contributed by atoms with Gasteiger partial charge in [0.1, 0.15) is 11.5 Å². The number of nitrogen functional groups attached to an aromatic ring is 1. The highest BCUT2D eigenvalue weighted by molar-refractivity contribution is 6.09. The van der Waals surface area contributed by atoms with Crippen LogP contribution in [0.2, 0.25) is 0 Å². The fourth-order valence-electron chi connectivity index (χ4n) is 1.81. The molecular formula is C15H15NO3. The second kappa shape index (κ2) is 5.44. The molecule has 0 aliphatic rings. The molecule has 0 unspecified atom stereocenters. The van der Waals surface area contributed by atoms with E-state index in [0.29, 0.717) is 28.3 Å². The minimum atomic E-state index is -0.103. The van der Waals surface area contributed by atoms with E-state index in [1.165, 1.54) is 7.11 Å². The number of ketones is 1. The third-order valence-electron chi connectivity index (χ3n) is 2.82. The molecule has 0 atom stereocenters. The molecule has 2 aromatic rings. The molecule has 0 aliphatic carbocycles. The number of nitrogens with two attached hydrogens (primary N) is 1. The SMILES string of the molecule is COc1cccc(C(=O)c2ccc(OC)c(N)c2)c1. The van der Waals surface area contributed by atoms with E-state index in [1.807, 2.05) is 0 Å². The highest BCUT2D eigenvalue weighted by Crippen LogP contribution is 2.24. The Morgan fingerprint density at radius 3 is 2.37 bits per heavy atom. The van der Waals surface area contributed by atoms with Crippen molar-refractivity contribution in [3.05, 3.63) is 53.6 Å². The molecule has 0 amide bonds. The summed E-state index contributed by atoms with van der Waals surface area (Å²) in [6, 6.07) is 12.0. The van der Waals surface area contributed by atoms with Crippen LogP contribution in [0.1, 0.15) is 15.9 Å². The highest BCUT2D eigenvalue weighted by Gasteiger charge is 2.11. The third-order valence-corrected chi connectivity index (χ3v) is 2.82. The van der Waals surface area contributed by atoms with Gasteiger partial charge < -0.3 is 15.2 Å². The van der Waals surface area contributed by atoms with Crippen LogP contribution in [0.4, 0.5) is 5.69 Å². The van der Waals surface area contributed by atoms with Gasteiger partial charge in [-0.3, -0.25) is 4.79 Å². The lowest BCUT2D eigenvalue weighted by molar-refractivity contribution is 0.103. The second-order valence-corrected chi connectivity index (χ2v) is 4.02. The molecule has 19 heavy (non-hydrogen) atoms. The van der Waals surface area contributed by atoms with Crippen LogP contribution in [-0.4, -0.2) is 20.0 Å². The summed E-state index contributed by atoms with van der Waals surface area (Å²) < 4.78 is 10.2. The lowest BCUT2D eigenvalue weighted by Gasteiger charge is -2.07. The molecule has 4 nitrogen and oxygen atoms in total. The smallest absolute Gasteiger partial charge is 0.193 e. The Balaban J connectivity index is 2.35. The average Bonchev–Trinajstić information content (AvgIpc) is 2.46. The molecule has 2 N–H and O–H groups in total. The minimum absolute atomic E-state index is 0.103. The maximum atomic E-state index is 12.3. The molecule has 0 fully saturated rings. The van der Waals surface area contributed by atoms with Crippen molar-refractivity contribution < 1.29 is 14.3 Å². The van der Waals surface area contributed by atoms with E-state index < -0.39 is 0 Å². The first-order valence-electron chi connectivity index (χ1n) is 5.78. The number of carbonyl (C=O) groups is 1. The molecule has 0 saturated heterocycles. The summed E-state index contributed by atoms with van der Waals surface area (Å²) in [6.07, 6.45) is 0. The summed E-state index contributed by atoms with van der Waals surface area (Å²) in [5, 5.41) is 0. The van der Waals surface area contributed by atoms with Gasteiger partial charge in [0.25, 0.3) is 0 Å². The number of hydrogen-bond acceptors (Lipinski definition) is 4. The lowest BCUT2D eigenvalue weighted by Crippen LogP contribution is -2.03. The Morgan fingerprint density at radius 1 is 1.00 bits per heavy atom. The molecule has 4 heteroatoms. The van der Waals surface area contributed by atoms with E-state index in [9.17, 15) is 4.79 Å². The van der Waals surface area contributed by atoms with Gasteiger partial charge in [-0.05, 0) is 30.3 Å². The average molecular weight is 257 g/mol. The molecule has 0 aliphatic heterocycles. The Labute approximate surface area is 111 Å². The van der Waals surface area contributed by atoms with Gasteiger partial charge in [-0.15, -0.1) is 0 Å². The quantitative estimate of drug-likeness (QED) is 0.675. The minimum Gasteiger partial charge on any atom is -0.497 e. The Morgan fingerprint density at radius 2 is 1.74 bits per heavy atom. The van der Waals surface area contributed by atoms with Gasteiger partial charge >= 0.3 is 0 Å². The largest absolute Gasteiger partial charge is 0.497 e. The van der Waals surface area contributed by atoms with Crippen molar-refractivity contribution in [1.29, 1.82) is 0 Å². The van der Waals surface area contributed by atoms with Gasteiger partial charge in [-0.2, -0.15) is 0 Å². The predicted octanol–water partition coefficient (Wildman–Crippen LogP) is 2.52. The van der Waals surface area contributed by atoms with Crippen molar-refractivity contribution in [2.45, 2.75) is 0 Å². The van der Waals surface area contributed by atoms with Crippen molar-refractivity contribution in [1.82, 2.24) is 0 Å². The summed E-state index contributed by atoms with van der Waals surface area (Å²) >= 11 is 0. The molecule has 0 spiro atoms. The maximum absolute atomic E-state index is 12.3. The first-order valence-corrected chi connectivity index (χ1v) is 5.78. The number of methoxy groups -OCH3 is 2. The number of rotatable bonds is 4. The number of hydrogen-bond donors (Lipinski definition) is 1. The van der Waals surface area contributed by atoms with Crippen LogP contribution in [-0.2, 0) is 0 Å². The summed E-state index contributed by atoms with van der Waals surface area (Å²) in [7, 11) is 3.10. The number of anilines is 1. The first-order chi connectivity index (χ1) is 9.15. The molecule has 2 rings (SSSR count). The zero-order valence-electron chi connectivity index (χ0n) is 10.8. The monoisotopic (exact) mass is 257 g/mol. The van der Waals surface area contributed by atoms with E-state index in [4.69, 9.17) is 15.2 Å². The van der Waals surface area contributed by atoms with Gasteiger partial charge in [0.05, 0.1) is 19.9 Å². The van der Waals surface area contributed by atoms with Crippen molar-refractivity contribution in [3.63, 3.8) is 0 Å². The van der Waals surface area contributed by atoms with E-state index >= 15 is 0 Å². The van der Waals surface area contributed by atoms with Crippen LogP contribution in [0.5, 0.6) is 11.5 Å². The van der Waals surface area contributed by atoms with Crippen LogP contribution in [0.15, 0.2) is 42.5 Å². The summed E-state index contributed by atoms with van der Waals surface area (Å²) in [4.78, 5) is 12.3. The highest BCUT2D eigenvalue weighted by atomic mass is 16.5. The molecular weight excluding hydrogens is 242 g/mol. The number of ether oxygens (including phenoxy) is 2. The van der Waals surface area contributed by atoms with Gasteiger partial charge in [0, 0.05) is 11.1 Å². The van der Waals surface area contributed by atoms with Gasteiger partial charge in [-0.1, -0.05) is 12.1 Å². The molecule has 98 valence electrons. The number of benzene rings is 2. The molecule has 0 aromatic heterocycles. The Bertz CT molecular complexity index is 608. The lowest BCUT2D eigenvalue weighted by atomic mass is 10.0. The van der Waals surface area contributed by atoms with Crippen molar-refractivity contribution >= 4 is 11.5 Å². The van der Waals surface area contributed by atoms with Crippen LogP contribution in [0, 0.1) is 0 Å². The molecule has 0 radical (unpaired) electrons. The van der Waals surface area contributed by atoms with Crippen molar-refractivity contribution in [2.24, 2.45) is 0 Å². The topological polar surface area (TPSA) is 61.5 Å². The standard InChI is InChI=1S/C15H15NO3/c1-18-12-5-3-4-10(8-12)15(17)11-6-7-14(19-2)13(16)9-11/h3-9H,16H2,1-2H3. The predicted molar refractivity (Wildman–Crippen MR) is 73.8 cm³/mol. The van der Waals surface area contributed by atoms with Crippen LogP contribution in [0.3, 0.4) is 0 Å². The maximum Gasteiger partial charge on any atom is 0.193 e. The van der Waals surface area contributed by atoms with E-state index in [0.717, 1.165) is 0 Å². The third kappa shape index (κ3) is 2.68. The van der Waals surface area contributed by atoms with E-state index in [-0.39, 0.29) is 5.78 Å². The van der Waals surface area contributed by atoms with Gasteiger partial charge in [0.15, 0.2) is 5.78 Å². The molecule has 0 saturated carbocycles. The molecule has 2 aromatic carbocycles. The van der Waals surface area contributed by atoms with Crippen molar-refractivity contribution in [2.75, 3.05) is 20.0 Å². The second-order valence-electron chi connectivity index (χ2n) is 4.02. The fourth-order valence-corrected chi connectivity index (χ4v) is 1.81. The molecule has 0 heterocycles. The summed E-state index contributed by atoms with van der Waals surface area (Å²) in [6.45, 7) is 0. The Hall–Kier alpha value is -2.49. The number of carbonyl (C=O) groups excluding carboxylic acids is 1. The first kappa shape index (κ1) is 13.0. The zero-order chi connectivity index (χ0) is 13.8. The zero-order valence-corrected chi connectivity index (χ0v) is 10.8. The van der Waals surface area contributed by atoms with Crippen LogP contribution >= 0.6 is 0 Å². The van der Waals surface area contributed by atoms with Crippen molar-refractivity contribution in [3.8, 4) is 11.5 Å².